The van der Waals surface area contributed by atoms with Gasteiger partial charge in [-0.1, -0.05) is 35.4 Å². The number of hydrogen-bond acceptors (Lipinski definition) is 4. The second-order valence-corrected chi connectivity index (χ2v) is 11.3. The molecule has 0 unspecified atom stereocenters. The van der Waals surface area contributed by atoms with Crippen molar-refractivity contribution in [2.45, 2.75) is 49.6 Å². The minimum Gasteiger partial charge on any atom is -0.207 e. The quantitative estimate of drug-likeness (QED) is 0.759. The molecule has 28 heavy (non-hydrogen) atoms. The molecule has 0 amide bonds. The summed E-state index contributed by atoms with van der Waals surface area (Å²) in [6.45, 7) is 7.51. The van der Waals surface area contributed by atoms with Crippen molar-refractivity contribution in [2.75, 3.05) is 13.1 Å². The summed E-state index contributed by atoms with van der Waals surface area (Å²) in [6.07, 6.45) is 0. The van der Waals surface area contributed by atoms with Gasteiger partial charge in [-0.05, 0) is 52.0 Å². The average molecular weight is 423 g/mol. The molecule has 1 heterocycles. The van der Waals surface area contributed by atoms with Crippen LogP contribution in [0.5, 0.6) is 0 Å². The first-order valence-electron chi connectivity index (χ1n) is 9.20. The molecule has 1 aliphatic heterocycles. The molecule has 6 nitrogen and oxygen atoms in total. The van der Waals surface area contributed by atoms with Crippen molar-refractivity contribution in [1.82, 2.24) is 8.61 Å². The van der Waals surface area contributed by atoms with Gasteiger partial charge in [-0.15, -0.1) is 0 Å². The number of sulfonamides is 2. The summed E-state index contributed by atoms with van der Waals surface area (Å²) in [5.74, 6) is 0. The number of piperazine rings is 1. The zero-order valence-electron chi connectivity index (χ0n) is 16.5. The number of nitrogens with zero attached hydrogens (tertiary/aromatic N) is 2. The Balaban J connectivity index is 1.88. The largest absolute Gasteiger partial charge is 0.243 e. The van der Waals surface area contributed by atoms with Gasteiger partial charge in [0.2, 0.25) is 20.0 Å². The predicted molar refractivity (Wildman–Crippen MR) is 109 cm³/mol. The van der Waals surface area contributed by atoms with Crippen molar-refractivity contribution in [2.24, 2.45) is 0 Å². The van der Waals surface area contributed by atoms with E-state index in [9.17, 15) is 16.8 Å². The van der Waals surface area contributed by atoms with Gasteiger partial charge in [0.1, 0.15) is 0 Å². The SMILES string of the molecule is Cc1ccc(S(=O)(=O)N2C[C@H](C)N(S(=O)(=O)c3ccc(C)cc3)C[C@@H]2C)cc1. The van der Waals surface area contributed by atoms with Gasteiger partial charge in [-0.25, -0.2) is 16.8 Å². The van der Waals surface area contributed by atoms with Crippen LogP contribution < -0.4 is 0 Å². The van der Waals surface area contributed by atoms with Crippen molar-refractivity contribution in [3.63, 3.8) is 0 Å². The molecule has 152 valence electrons. The van der Waals surface area contributed by atoms with Crippen LogP contribution in [-0.2, 0) is 20.0 Å². The smallest absolute Gasteiger partial charge is 0.207 e. The topological polar surface area (TPSA) is 74.8 Å². The Morgan fingerprint density at radius 1 is 0.643 bits per heavy atom. The molecular weight excluding hydrogens is 396 g/mol. The third-order valence-electron chi connectivity index (χ3n) is 5.13. The number of rotatable bonds is 4. The summed E-state index contributed by atoms with van der Waals surface area (Å²) in [4.78, 5) is 0.457. The molecule has 0 spiro atoms. The minimum absolute atomic E-state index is 0.114. The standard InChI is InChI=1S/C20H26N2O4S2/c1-15-5-9-19(10-6-15)27(23,24)21-13-18(4)22(14-17(21)3)28(25,26)20-11-7-16(2)8-12-20/h5-12,17-18H,13-14H2,1-4H3/t17-,18-/m0/s1. The molecule has 3 rings (SSSR count). The zero-order valence-corrected chi connectivity index (χ0v) is 18.2. The lowest BCUT2D eigenvalue weighted by molar-refractivity contribution is 0.163. The second kappa shape index (κ2) is 7.59. The van der Waals surface area contributed by atoms with Crippen molar-refractivity contribution in [1.29, 1.82) is 0 Å². The molecule has 2 atom stereocenters. The van der Waals surface area contributed by atoms with E-state index in [1.54, 1.807) is 62.4 Å². The fourth-order valence-corrected chi connectivity index (χ4v) is 6.83. The van der Waals surface area contributed by atoms with Crippen LogP contribution in [0.1, 0.15) is 25.0 Å². The van der Waals surface area contributed by atoms with E-state index in [-0.39, 0.29) is 22.9 Å². The molecule has 0 N–H and O–H groups in total. The molecule has 1 fully saturated rings. The highest BCUT2D eigenvalue weighted by Crippen LogP contribution is 2.28. The molecule has 0 saturated carbocycles. The van der Waals surface area contributed by atoms with Crippen LogP contribution in [0.3, 0.4) is 0 Å². The van der Waals surface area contributed by atoms with Crippen LogP contribution in [0.15, 0.2) is 58.3 Å². The fraction of sp³-hybridized carbons (Fsp3) is 0.400. The van der Waals surface area contributed by atoms with E-state index in [1.165, 1.54) is 8.61 Å². The molecular formula is C20H26N2O4S2. The predicted octanol–water partition coefficient (Wildman–Crippen LogP) is 2.78. The summed E-state index contributed by atoms with van der Waals surface area (Å²) >= 11 is 0. The van der Waals surface area contributed by atoms with Crippen molar-refractivity contribution in [3.8, 4) is 0 Å². The van der Waals surface area contributed by atoms with Gasteiger partial charge in [-0.2, -0.15) is 8.61 Å². The summed E-state index contributed by atoms with van der Waals surface area (Å²) in [5.41, 5.74) is 1.96. The molecule has 0 radical (unpaired) electrons. The Labute approximate surface area is 167 Å². The molecule has 0 bridgehead atoms. The van der Waals surface area contributed by atoms with Gasteiger partial charge in [0.15, 0.2) is 0 Å². The lowest BCUT2D eigenvalue weighted by Crippen LogP contribution is -2.59. The van der Waals surface area contributed by atoms with Crippen LogP contribution in [-0.4, -0.2) is 50.6 Å². The van der Waals surface area contributed by atoms with Crippen LogP contribution in [0.2, 0.25) is 0 Å². The first-order valence-corrected chi connectivity index (χ1v) is 12.1. The normalized spacial score (nSPS) is 22.3. The van der Waals surface area contributed by atoms with Crippen LogP contribution >= 0.6 is 0 Å². The van der Waals surface area contributed by atoms with Crippen molar-refractivity contribution in [3.05, 3.63) is 59.7 Å². The van der Waals surface area contributed by atoms with Gasteiger partial charge in [0.05, 0.1) is 9.79 Å². The summed E-state index contributed by atoms with van der Waals surface area (Å²) in [6, 6.07) is 12.5. The fourth-order valence-electron chi connectivity index (χ4n) is 3.42. The lowest BCUT2D eigenvalue weighted by atomic mass is 10.2. The maximum atomic E-state index is 13.1. The maximum Gasteiger partial charge on any atom is 0.243 e. The number of hydrogen-bond donors (Lipinski definition) is 0. The van der Waals surface area contributed by atoms with E-state index < -0.39 is 32.1 Å². The van der Waals surface area contributed by atoms with Gasteiger partial charge < -0.3 is 0 Å². The highest BCUT2D eigenvalue weighted by molar-refractivity contribution is 7.89. The maximum absolute atomic E-state index is 13.1. The van der Waals surface area contributed by atoms with Crippen LogP contribution in [0.25, 0.3) is 0 Å². The molecule has 2 aromatic rings. The van der Waals surface area contributed by atoms with Gasteiger partial charge in [-0.3, -0.25) is 0 Å². The van der Waals surface area contributed by atoms with Crippen molar-refractivity contribution < 1.29 is 16.8 Å². The van der Waals surface area contributed by atoms with Gasteiger partial charge in [0.25, 0.3) is 0 Å². The Bertz CT molecular complexity index is 959. The molecule has 0 aliphatic carbocycles. The third kappa shape index (κ3) is 3.87. The first-order chi connectivity index (χ1) is 13.0. The molecule has 1 saturated heterocycles. The third-order valence-corrected chi connectivity index (χ3v) is 9.12. The Kier molecular flexibility index (Phi) is 5.69. The molecule has 8 heteroatoms. The van der Waals surface area contributed by atoms with Gasteiger partial charge >= 0.3 is 0 Å². The van der Waals surface area contributed by atoms with Crippen molar-refractivity contribution >= 4 is 20.0 Å². The Morgan fingerprint density at radius 2 is 0.929 bits per heavy atom. The summed E-state index contributed by atoms with van der Waals surface area (Å²) in [7, 11) is -7.38. The van der Waals surface area contributed by atoms with Crippen LogP contribution in [0, 0.1) is 13.8 Å². The summed E-state index contributed by atoms with van der Waals surface area (Å²) < 4.78 is 55.1. The molecule has 0 aromatic heterocycles. The number of aryl methyl sites for hydroxylation is 2. The lowest BCUT2D eigenvalue weighted by Gasteiger charge is -2.42. The average Bonchev–Trinajstić information content (AvgIpc) is 2.63. The van der Waals surface area contributed by atoms with Gasteiger partial charge in [0, 0.05) is 25.2 Å². The highest BCUT2D eigenvalue weighted by Gasteiger charge is 2.41. The zero-order chi connectivity index (χ0) is 20.7. The van der Waals surface area contributed by atoms with E-state index in [1.807, 2.05) is 13.8 Å². The van der Waals surface area contributed by atoms with E-state index in [0.29, 0.717) is 0 Å². The Hall–Kier alpha value is -1.74. The van der Waals surface area contributed by atoms with E-state index in [2.05, 4.69) is 0 Å². The number of benzene rings is 2. The van der Waals surface area contributed by atoms with E-state index in [4.69, 9.17) is 0 Å². The second-order valence-electron chi connectivity index (χ2n) is 7.47. The molecule has 1 aliphatic rings. The van der Waals surface area contributed by atoms with E-state index >= 15 is 0 Å². The van der Waals surface area contributed by atoms with Crippen LogP contribution in [0.4, 0.5) is 0 Å². The highest BCUT2D eigenvalue weighted by atomic mass is 32.2. The first kappa shape index (κ1) is 21.0. The van der Waals surface area contributed by atoms with E-state index in [0.717, 1.165) is 11.1 Å². The molecule has 2 aromatic carbocycles. The summed E-state index contributed by atoms with van der Waals surface area (Å²) in [5, 5.41) is 0. The minimum atomic E-state index is -3.69. The monoisotopic (exact) mass is 422 g/mol. The Morgan fingerprint density at radius 3 is 1.21 bits per heavy atom.